The summed E-state index contributed by atoms with van der Waals surface area (Å²) < 4.78 is 46.6. The number of methoxy groups -OCH3 is 1. The lowest BCUT2D eigenvalue weighted by Gasteiger charge is -2.14. The van der Waals surface area contributed by atoms with E-state index in [2.05, 4.69) is 10.6 Å². The molecule has 0 aliphatic carbocycles. The molecule has 0 aliphatic rings. The van der Waals surface area contributed by atoms with Crippen LogP contribution in [-0.4, -0.2) is 25.9 Å². The first kappa shape index (κ1) is 19.7. The van der Waals surface area contributed by atoms with Gasteiger partial charge in [0.25, 0.3) is 0 Å². The molecule has 0 spiro atoms. The number of amides is 2. The maximum atomic E-state index is 12.3. The van der Waals surface area contributed by atoms with E-state index in [9.17, 15) is 18.0 Å². The first-order chi connectivity index (χ1) is 12.3. The first-order valence-corrected chi connectivity index (χ1v) is 7.81. The van der Waals surface area contributed by atoms with Gasteiger partial charge in [0.05, 0.1) is 7.11 Å². The normalized spacial score (nSPS) is 11.0. The average Bonchev–Trinajstić information content (AvgIpc) is 2.59. The lowest BCUT2D eigenvalue weighted by molar-refractivity contribution is -0.153. The van der Waals surface area contributed by atoms with E-state index in [1.54, 1.807) is 24.3 Å². The smallest absolute Gasteiger partial charge is 0.422 e. The third-order valence-electron chi connectivity index (χ3n) is 3.18. The zero-order chi connectivity index (χ0) is 19.2. The maximum absolute atomic E-state index is 12.3. The van der Waals surface area contributed by atoms with Crippen molar-refractivity contribution in [1.29, 1.82) is 0 Å². The van der Waals surface area contributed by atoms with Crippen LogP contribution < -0.4 is 20.1 Å². The summed E-state index contributed by atoms with van der Waals surface area (Å²) in [6.45, 7) is -1.20. The zero-order valence-corrected chi connectivity index (χ0v) is 14.4. The van der Waals surface area contributed by atoms with Crippen LogP contribution in [0, 0.1) is 0 Å². The topological polar surface area (TPSA) is 59.6 Å². The summed E-state index contributed by atoms with van der Waals surface area (Å²) in [4.78, 5) is 11.9. The second-order valence-corrected chi connectivity index (χ2v) is 5.64. The molecule has 26 heavy (non-hydrogen) atoms. The summed E-state index contributed by atoms with van der Waals surface area (Å²) in [5.41, 5.74) is 1.10. The Hall–Kier alpha value is -2.61. The fourth-order valence-electron chi connectivity index (χ4n) is 1.99. The number of halogens is 4. The van der Waals surface area contributed by atoms with Crippen molar-refractivity contribution < 1.29 is 27.4 Å². The van der Waals surface area contributed by atoms with Gasteiger partial charge in [0.2, 0.25) is 0 Å². The number of rotatable bonds is 6. The Kier molecular flexibility index (Phi) is 6.57. The summed E-state index contributed by atoms with van der Waals surface area (Å²) in [6.07, 6.45) is -4.48. The third kappa shape index (κ3) is 6.36. The molecule has 0 saturated heterocycles. The van der Waals surface area contributed by atoms with E-state index < -0.39 is 18.8 Å². The number of carbonyl (C=O) groups excluding carboxylic acids is 1. The van der Waals surface area contributed by atoms with Crippen molar-refractivity contribution >= 4 is 23.3 Å². The second-order valence-electron chi connectivity index (χ2n) is 5.20. The van der Waals surface area contributed by atoms with Gasteiger partial charge in [-0.1, -0.05) is 23.7 Å². The third-order valence-corrected chi connectivity index (χ3v) is 3.43. The minimum Gasteiger partial charge on any atom is -0.493 e. The van der Waals surface area contributed by atoms with E-state index in [1.165, 1.54) is 25.3 Å². The van der Waals surface area contributed by atoms with Crippen molar-refractivity contribution in [2.24, 2.45) is 0 Å². The van der Waals surface area contributed by atoms with E-state index in [0.717, 1.165) is 5.56 Å². The molecule has 2 rings (SSSR count). The van der Waals surface area contributed by atoms with Crippen LogP contribution in [0.3, 0.4) is 0 Å². The van der Waals surface area contributed by atoms with E-state index in [0.29, 0.717) is 5.02 Å². The van der Waals surface area contributed by atoms with Crippen molar-refractivity contribution in [2.75, 3.05) is 19.0 Å². The molecule has 0 unspecified atom stereocenters. The van der Waals surface area contributed by atoms with Gasteiger partial charge < -0.3 is 20.1 Å². The Balaban J connectivity index is 1.97. The van der Waals surface area contributed by atoms with Crippen LogP contribution >= 0.6 is 11.6 Å². The molecule has 0 aliphatic heterocycles. The summed E-state index contributed by atoms with van der Waals surface area (Å²) in [5, 5.41) is 5.73. The Morgan fingerprint density at radius 2 is 1.81 bits per heavy atom. The van der Waals surface area contributed by atoms with Crippen LogP contribution in [0.4, 0.5) is 23.7 Å². The molecule has 0 saturated carbocycles. The van der Waals surface area contributed by atoms with Crippen LogP contribution in [0.15, 0.2) is 42.5 Å². The molecule has 2 N–H and O–H groups in total. The zero-order valence-electron chi connectivity index (χ0n) is 13.7. The molecule has 0 radical (unpaired) electrons. The van der Waals surface area contributed by atoms with E-state index in [-0.39, 0.29) is 23.7 Å². The SMILES string of the molecule is COc1ccc(NC(=O)NCc2ccc(Cl)cc2)cc1OCC(F)(F)F. The van der Waals surface area contributed by atoms with Gasteiger partial charge in [-0.2, -0.15) is 13.2 Å². The van der Waals surface area contributed by atoms with E-state index in [1.807, 2.05) is 0 Å². The number of urea groups is 1. The molecule has 9 heteroatoms. The standard InChI is InChI=1S/C17H16ClF3N2O3/c1-25-14-7-6-13(8-15(14)26-10-17(19,20)21)23-16(24)22-9-11-2-4-12(18)5-3-11/h2-8H,9-10H2,1H3,(H2,22,23,24). The van der Waals surface area contributed by atoms with Crippen molar-refractivity contribution in [2.45, 2.75) is 12.7 Å². The highest BCUT2D eigenvalue weighted by molar-refractivity contribution is 6.30. The van der Waals surface area contributed by atoms with Crippen LogP contribution in [0.5, 0.6) is 11.5 Å². The van der Waals surface area contributed by atoms with Crippen molar-refractivity contribution in [3.8, 4) is 11.5 Å². The largest absolute Gasteiger partial charge is 0.493 e. The summed E-state index contributed by atoms with van der Waals surface area (Å²) >= 11 is 5.78. The molecular formula is C17H16ClF3N2O3. The summed E-state index contributed by atoms with van der Waals surface area (Å²) in [6, 6.07) is 10.5. The highest BCUT2D eigenvalue weighted by Crippen LogP contribution is 2.31. The highest BCUT2D eigenvalue weighted by Gasteiger charge is 2.29. The number of hydrogen-bond donors (Lipinski definition) is 2. The Morgan fingerprint density at radius 3 is 2.42 bits per heavy atom. The number of benzene rings is 2. The quantitative estimate of drug-likeness (QED) is 0.759. The van der Waals surface area contributed by atoms with Crippen molar-refractivity contribution in [3.05, 3.63) is 53.1 Å². The van der Waals surface area contributed by atoms with Gasteiger partial charge in [-0.3, -0.25) is 0 Å². The number of anilines is 1. The number of ether oxygens (including phenoxy) is 2. The van der Waals surface area contributed by atoms with Gasteiger partial charge in [-0.15, -0.1) is 0 Å². The number of carbonyl (C=O) groups is 1. The second kappa shape index (κ2) is 8.66. The first-order valence-electron chi connectivity index (χ1n) is 7.44. The Morgan fingerprint density at radius 1 is 1.12 bits per heavy atom. The van der Waals surface area contributed by atoms with Crippen LogP contribution in [-0.2, 0) is 6.54 Å². The fourth-order valence-corrected chi connectivity index (χ4v) is 2.11. The average molecular weight is 389 g/mol. The van der Waals surface area contributed by atoms with Gasteiger partial charge in [0, 0.05) is 23.3 Å². The molecule has 0 heterocycles. The van der Waals surface area contributed by atoms with Crippen LogP contribution in [0.2, 0.25) is 5.02 Å². The Labute approximate surface area is 153 Å². The van der Waals surface area contributed by atoms with Crippen molar-refractivity contribution in [3.63, 3.8) is 0 Å². The van der Waals surface area contributed by atoms with Gasteiger partial charge >= 0.3 is 12.2 Å². The van der Waals surface area contributed by atoms with Crippen molar-refractivity contribution in [1.82, 2.24) is 5.32 Å². The number of hydrogen-bond acceptors (Lipinski definition) is 3. The number of nitrogens with one attached hydrogen (secondary N) is 2. The minimum atomic E-state index is -4.48. The molecule has 2 aromatic carbocycles. The predicted octanol–water partition coefficient (Wildman–Crippen LogP) is 4.61. The van der Waals surface area contributed by atoms with Gasteiger partial charge in [0.1, 0.15) is 0 Å². The molecule has 0 aromatic heterocycles. The predicted molar refractivity (Wildman–Crippen MR) is 91.9 cm³/mol. The molecule has 0 bridgehead atoms. The molecular weight excluding hydrogens is 373 g/mol. The molecule has 0 atom stereocenters. The van der Waals surface area contributed by atoms with Gasteiger partial charge in [-0.05, 0) is 29.8 Å². The lowest BCUT2D eigenvalue weighted by Crippen LogP contribution is -2.28. The minimum absolute atomic E-state index is 0.125. The molecule has 5 nitrogen and oxygen atoms in total. The number of alkyl halides is 3. The van der Waals surface area contributed by atoms with E-state index >= 15 is 0 Å². The maximum Gasteiger partial charge on any atom is 0.422 e. The fraction of sp³-hybridized carbons (Fsp3) is 0.235. The van der Waals surface area contributed by atoms with Gasteiger partial charge in [0.15, 0.2) is 18.1 Å². The van der Waals surface area contributed by atoms with E-state index in [4.69, 9.17) is 21.1 Å². The Bertz CT molecular complexity index is 752. The van der Waals surface area contributed by atoms with Gasteiger partial charge in [-0.25, -0.2) is 4.79 Å². The van der Waals surface area contributed by atoms with Crippen LogP contribution in [0.1, 0.15) is 5.56 Å². The molecule has 0 fully saturated rings. The summed E-state index contributed by atoms with van der Waals surface area (Å²) in [5.74, 6) is 0.00157. The van der Waals surface area contributed by atoms with Crippen LogP contribution in [0.25, 0.3) is 0 Å². The molecule has 140 valence electrons. The molecule has 2 amide bonds. The lowest BCUT2D eigenvalue weighted by atomic mass is 10.2. The monoisotopic (exact) mass is 388 g/mol. The highest BCUT2D eigenvalue weighted by atomic mass is 35.5. The summed E-state index contributed by atoms with van der Waals surface area (Å²) in [7, 11) is 1.31. The molecule has 2 aromatic rings.